The quantitative estimate of drug-likeness (QED) is 0.940. The lowest BCUT2D eigenvalue weighted by Crippen LogP contribution is -2.19. The number of pyridine rings is 1. The van der Waals surface area contributed by atoms with Gasteiger partial charge >= 0.3 is 0 Å². The van der Waals surface area contributed by atoms with Gasteiger partial charge in [0.2, 0.25) is 0 Å². The molecule has 3 rings (SSSR count). The summed E-state index contributed by atoms with van der Waals surface area (Å²) >= 11 is 2.00. The largest absolute Gasteiger partial charge is 0.384 e. The van der Waals surface area contributed by atoms with Crippen LogP contribution in [0.1, 0.15) is 31.7 Å². The molecule has 4 nitrogen and oxygen atoms in total. The van der Waals surface area contributed by atoms with Crippen molar-refractivity contribution in [2.75, 3.05) is 12.0 Å². The second-order valence-corrected chi connectivity index (χ2v) is 6.46. The molecule has 0 amide bonds. The minimum atomic E-state index is 0.556. The third-order valence-corrected chi connectivity index (χ3v) is 5.26. The van der Waals surface area contributed by atoms with Gasteiger partial charge in [0.05, 0.1) is 18.2 Å². The summed E-state index contributed by atoms with van der Waals surface area (Å²) in [7, 11) is 0. The van der Waals surface area contributed by atoms with Crippen molar-refractivity contribution in [3.63, 3.8) is 0 Å². The molecule has 2 N–H and O–H groups in total. The van der Waals surface area contributed by atoms with E-state index >= 15 is 0 Å². The van der Waals surface area contributed by atoms with Crippen LogP contribution in [0.2, 0.25) is 0 Å². The number of hydrogen-bond donors (Lipinski definition) is 1. The molecule has 2 aromatic rings. The van der Waals surface area contributed by atoms with Gasteiger partial charge in [-0.2, -0.15) is 11.8 Å². The third kappa shape index (κ3) is 2.68. The van der Waals surface area contributed by atoms with Crippen molar-refractivity contribution in [2.45, 2.75) is 37.0 Å². The molecule has 0 radical (unpaired) electrons. The minimum Gasteiger partial charge on any atom is -0.384 e. The van der Waals surface area contributed by atoms with Gasteiger partial charge in [0.1, 0.15) is 5.82 Å². The summed E-state index contributed by atoms with van der Waals surface area (Å²) in [5, 5.41) is 0.830. The molecule has 1 aliphatic rings. The van der Waals surface area contributed by atoms with Crippen molar-refractivity contribution in [3.8, 4) is 11.3 Å². The summed E-state index contributed by atoms with van der Waals surface area (Å²) in [6.07, 6.45) is 13.0. The summed E-state index contributed by atoms with van der Waals surface area (Å²) in [5.74, 6) is 0.556. The second-order valence-electron chi connectivity index (χ2n) is 5.32. The highest BCUT2D eigenvalue weighted by molar-refractivity contribution is 7.99. The first-order valence-corrected chi connectivity index (χ1v) is 8.33. The molecule has 1 saturated carbocycles. The van der Waals surface area contributed by atoms with Gasteiger partial charge in [-0.05, 0) is 44.1 Å². The van der Waals surface area contributed by atoms with Crippen LogP contribution >= 0.6 is 11.8 Å². The zero-order valence-electron chi connectivity index (χ0n) is 11.7. The molecule has 5 heteroatoms. The van der Waals surface area contributed by atoms with Gasteiger partial charge in [0.25, 0.3) is 0 Å². The standard InChI is InChI=1S/C15H20N4S/c1-20-13-5-3-12(4-6-13)19-10-17-9-14(19)11-2-7-15(16)18-8-11/h2,7-10,12-13H,3-6H2,1H3,(H2,16,18). The molecule has 2 aromatic heterocycles. The molecule has 20 heavy (non-hydrogen) atoms. The number of rotatable bonds is 3. The molecule has 0 aliphatic heterocycles. The number of anilines is 1. The number of aromatic nitrogens is 3. The molecule has 0 aromatic carbocycles. The molecule has 0 saturated heterocycles. The molecule has 106 valence electrons. The van der Waals surface area contributed by atoms with Gasteiger partial charge in [-0.3, -0.25) is 0 Å². The van der Waals surface area contributed by atoms with E-state index in [1.54, 1.807) is 0 Å². The highest BCUT2D eigenvalue weighted by atomic mass is 32.2. The van der Waals surface area contributed by atoms with Crippen LogP contribution < -0.4 is 5.73 Å². The van der Waals surface area contributed by atoms with E-state index in [9.17, 15) is 0 Å². The lowest BCUT2D eigenvalue weighted by Gasteiger charge is -2.29. The summed E-state index contributed by atoms with van der Waals surface area (Å²) < 4.78 is 2.31. The van der Waals surface area contributed by atoms with Gasteiger partial charge in [0, 0.05) is 23.1 Å². The molecule has 1 fully saturated rings. The van der Waals surface area contributed by atoms with Crippen LogP contribution in [0.25, 0.3) is 11.3 Å². The number of nitrogens with two attached hydrogens (primary N) is 1. The highest BCUT2D eigenvalue weighted by Crippen LogP contribution is 2.35. The lowest BCUT2D eigenvalue weighted by atomic mass is 9.94. The van der Waals surface area contributed by atoms with E-state index in [-0.39, 0.29) is 0 Å². The average Bonchev–Trinajstić information content (AvgIpc) is 2.97. The molecule has 0 unspecified atom stereocenters. The van der Waals surface area contributed by atoms with E-state index in [0.29, 0.717) is 11.9 Å². The average molecular weight is 288 g/mol. The van der Waals surface area contributed by atoms with E-state index in [2.05, 4.69) is 20.8 Å². The predicted octanol–water partition coefficient (Wildman–Crippen LogP) is 3.37. The Kier molecular flexibility index (Phi) is 3.96. The smallest absolute Gasteiger partial charge is 0.123 e. The Labute approximate surface area is 123 Å². The fourth-order valence-corrected chi connectivity index (χ4v) is 3.68. The topological polar surface area (TPSA) is 56.7 Å². The molecule has 1 aliphatic carbocycles. The maximum atomic E-state index is 5.66. The van der Waals surface area contributed by atoms with Crippen LogP contribution in [0, 0.1) is 0 Å². The van der Waals surface area contributed by atoms with Gasteiger partial charge in [-0.1, -0.05) is 0 Å². The maximum Gasteiger partial charge on any atom is 0.123 e. The van der Waals surface area contributed by atoms with Gasteiger partial charge in [-0.25, -0.2) is 9.97 Å². The van der Waals surface area contributed by atoms with E-state index in [1.165, 1.54) is 25.7 Å². The zero-order chi connectivity index (χ0) is 13.9. The van der Waals surface area contributed by atoms with E-state index in [1.807, 2.05) is 42.6 Å². The Hall–Kier alpha value is -1.49. The monoisotopic (exact) mass is 288 g/mol. The van der Waals surface area contributed by atoms with Gasteiger partial charge in [0.15, 0.2) is 0 Å². The fourth-order valence-electron chi connectivity index (χ4n) is 2.94. The number of thioether (sulfide) groups is 1. The molecule has 2 heterocycles. The van der Waals surface area contributed by atoms with Crippen LogP contribution in [0.15, 0.2) is 30.9 Å². The van der Waals surface area contributed by atoms with Gasteiger partial charge < -0.3 is 10.3 Å². The van der Waals surface area contributed by atoms with Crippen molar-refractivity contribution < 1.29 is 0 Å². The summed E-state index contributed by atoms with van der Waals surface area (Å²) in [4.78, 5) is 8.51. The molecular formula is C15H20N4S. The SMILES string of the molecule is CSC1CCC(n2cncc2-c2ccc(N)nc2)CC1. The Morgan fingerprint density at radius 2 is 2.00 bits per heavy atom. The summed E-state index contributed by atoms with van der Waals surface area (Å²) in [5.41, 5.74) is 7.89. The summed E-state index contributed by atoms with van der Waals surface area (Å²) in [6.45, 7) is 0. The highest BCUT2D eigenvalue weighted by Gasteiger charge is 2.23. The van der Waals surface area contributed by atoms with Crippen molar-refractivity contribution in [2.24, 2.45) is 0 Å². The second kappa shape index (κ2) is 5.87. The maximum absolute atomic E-state index is 5.66. The molecule has 0 atom stereocenters. The Morgan fingerprint density at radius 1 is 1.20 bits per heavy atom. The predicted molar refractivity (Wildman–Crippen MR) is 84.7 cm³/mol. The van der Waals surface area contributed by atoms with Crippen LogP contribution in [0.5, 0.6) is 0 Å². The van der Waals surface area contributed by atoms with Crippen LogP contribution in [0.3, 0.4) is 0 Å². The first-order chi connectivity index (χ1) is 9.78. The zero-order valence-corrected chi connectivity index (χ0v) is 12.5. The first-order valence-electron chi connectivity index (χ1n) is 7.04. The number of hydrogen-bond acceptors (Lipinski definition) is 4. The van der Waals surface area contributed by atoms with Crippen LogP contribution in [-0.4, -0.2) is 26.0 Å². The first kappa shape index (κ1) is 13.5. The van der Waals surface area contributed by atoms with Crippen LogP contribution in [-0.2, 0) is 0 Å². The van der Waals surface area contributed by atoms with Crippen LogP contribution in [0.4, 0.5) is 5.82 Å². The summed E-state index contributed by atoms with van der Waals surface area (Å²) in [6, 6.07) is 4.43. The Bertz CT molecular complexity index is 556. The van der Waals surface area contributed by atoms with Crippen molar-refractivity contribution in [1.82, 2.24) is 14.5 Å². The Morgan fingerprint density at radius 3 is 2.65 bits per heavy atom. The lowest BCUT2D eigenvalue weighted by molar-refractivity contribution is 0.362. The normalized spacial score (nSPS) is 22.9. The van der Waals surface area contributed by atoms with E-state index in [4.69, 9.17) is 5.73 Å². The fraction of sp³-hybridized carbons (Fsp3) is 0.467. The Balaban J connectivity index is 1.82. The van der Waals surface area contributed by atoms with Crippen molar-refractivity contribution in [1.29, 1.82) is 0 Å². The minimum absolute atomic E-state index is 0.556. The van der Waals surface area contributed by atoms with Crippen molar-refractivity contribution >= 4 is 17.6 Å². The molecule has 0 bridgehead atoms. The number of nitrogens with zero attached hydrogens (tertiary/aromatic N) is 3. The van der Waals surface area contributed by atoms with Gasteiger partial charge in [-0.15, -0.1) is 0 Å². The van der Waals surface area contributed by atoms with E-state index < -0.39 is 0 Å². The molecular weight excluding hydrogens is 268 g/mol. The van der Waals surface area contributed by atoms with E-state index in [0.717, 1.165) is 16.5 Å². The number of imidazole rings is 1. The third-order valence-electron chi connectivity index (χ3n) is 4.12. The number of nitrogen functional groups attached to an aromatic ring is 1. The molecule has 0 spiro atoms. The van der Waals surface area contributed by atoms with Crippen molar-refractivity contribution in [3.05, 3.63) is 30.9 Å².